The van der Waals surface area contributed by atoms with Gasteiger partial charge in [0.05, 0.1) is 0 Å². The van der Waals surface area contributed by atoms with Gasteiger partial charge in [-0.3, -0.25) is 0 Å². The van der Waals surface area contributed by atoms with E-state index in [2.05, 4.69) is 9.80 Å². The second-order valence-corrected chi connectivity index (χ2v) is 9.13. The second-order valence-electron chi connectivity index (χ2n) is 9.13. The molecule has 0 amide bonds. The lowest BCUT2D eigenvalue weighted by molar-refractivity contribution is 0.0900. The van der Waals surface area contributed by atoms with E-state index >= 15 is 0 Å². The van der Waals surface area contributed by atoms with Crippen molar-refractivity contribution in [3.63, 3.8) is 0 Å². The van der Waals surface area contributed by atoms with Gasteiger partial charge in [-0.2, -0.15) is 0 Å². The highest BCUT2D eigenvalue weighted by molar-refractivity contribution is 4.85. The molecule has 2 saturated heterocycles. The van der Waals surface area contributed by atoms with E-state index in [-0.39, 0.29) is 0 Å². The van der Waals surface area contributed by atoms with Crippen molar-refractivity contribution >= 4 is 0 Å². The zero-order valence-electron chi connectivity index (χ0n) is 16.9. The average Bonchev–Trinajstić information content (AvgIpc) is 2.80. The second kappa shape index (κ2) is 11.6. The summed E-state index contributed by atoms with van der Waals surface area (Å²) in [5, 5.41) is 0. The Balaban J connectivity index is 1.44. The lowest BCUT2D eigenvalue weighted by atomic mass is 9.88. The highest BCUT2D eigenvalue weighted by Gasteiger charge is 2.28. The summed E-state index contributed by atoms with van der Waals surface area (Å²) in [7, 11) is 0. The maximum absolute atomic E-state index is 2.90. The average molecular weight is 349 g/mol. The van der Waals surface area contributed by atoms with Crippen LogP contribution in [-0.4, -0.2) is 48.1 Å². The molecule has 2 nitrogen and oxygen atoms in total. The topological polar surface area (TPSA) is 6.48 Å². The van der Waals surface area contributed by atoms with Crippen LogP contribution in [0, 0.1) is 0 Å². The first-order valence-corrected chi connectivity index (χ1v) is 11.9. The fourth-order valence-electron chi connectivity index (χ4n) is 5.59. The molecular formula is C23H44N2. The van der Waals surface area contributed by atoms with Crippen LogP contribution in [-0.2, 0) is 0 Å². The third-order valence-electron chi connectivity index (χ3n) is 7.23. The summed E-state index contributed by atoms with van der Waals surface area (Å²) in [4.78, 5) is 5.80. The van der Waals surface area contributed by atoms with Gasteiger partial charge in [0, 0.05) is 12.1 Å². The minimum atomic E-state index is 0.910. The molecule has 0 aromatic rings. The van der Waals surface area contributed by atoms with Crippen LogP contribution in [0.4, 0.5) is 0 Å². The summed E-state index contributed by atoms with van der Waals surface area (Å²) in [6, 6.07) is 1.82. The third kappa shape index (κ3) is 6.86. The maximum atomic E-state index is 2.90. The van der Waals surface area contributed by atoms with E-state index in [1.807, 2.05) is 0 Å². The van der Waals surface area contributed by atoms with Gasteiger partial charge in [0.1, 0.15) is 0 Å². The Morgan fingerprint density at radius 3 is 0.840 bits per heavy atom. The molecule has 25 heavy (non-hydrogen) atoms. The van der Waals surface area contributed by atoms with Crippen LogP contribution < -0.4 is 0 Å². The van der Waals surface area contributed by atoms with Crippen molar-refractivity contribution < 1.29 is 0 Å². The molecule has 0 radical (unpaired) electrons. The van der Waals surface area contributed by atoms with Crippen molar-refractivity contribution in [3.05, 3.63) is 0 Å². The zero-order chi connectivity index (χ0) is 17.2. The molecule has 0 N–H and O–H groups in total. The Morgan fingerprint density at radius 1 is 0.320 bits per heavy atom. The monoisotopic (exact) mass is 348 g/mol. The molecule has 1 aliphatic carbocycles. The Kier molecular flexibility index (Phi) is 9.13. The summed E-state index contributed by atoms with van der Waals surface area (Å²) in [5.41, 5.74) is 0. The van der Waals surface area contributed by atoms with E-state index in [0.717, 1.165) is 12.1 Å². The minimum absolute atomic E-state index is 0.910. The lowest BCUT2D eigenvalue weighted by Crippen LogP contribution is -2.45. The van der Waals surface area contributed by atoms with Crippen LogP contribution in [0.5, 0.6) is 0 Å². The van der Waals surface area contributed by atoms with Crippen molar-refractivity contribution in [1.82, 2.24) is 9.80 Å². The molecular weight excluding hydrogens is 304 g/mol. The summed E-state index contributed by atoms with van der Waals surface area (Å²) in [5.74, 6) is 0. The molecule has 0 spiro atoms. The van der Waals surface area contributed by atoms with Gasteiger partial charge >= 0.3 is 0 Å². The first-order valence-electron chi connectivity index (χ1n) is 11.9. The fourth-order valence-corrected chi connectivity index (χ4v) is 5.59. The standard InChI is InChI=1S/C23H44N2/c1-2-6-10-18-24(19-11-7-3-1)22-14-16-23(17-15-22)25-20-12-8-4-5-9-13-21-25/h22-23H,1-21H2. The molecule has 3 aliphatic rings. The Morgan fingerprint density at radius 2 is 0.560 bits per heavy atom. The summed E-state index contributed by atoms with van der Waals surface area (Å²) >= 11 is 0. The highest BCUT2D eigenvalue weighted by Crippen LogP contribution is 2.29. The predicted molar refractivity (Wildman–Crippen MR) is 109 cm³/mol. The van der Waals surface area contributed by atoms with Crippen molar-refractivity contribution in [2.75, 3.05) is 26.2 Å². The highest BCUT2D eigenvalue weighted by atomic mass is 15.2. The van der Waals surface area contributed by atoms with Gasteiger partial charge in [-0.25, -0.2) is 0 Å². The smallest absolute Gasteiger partial charge is 0.00964 e. The zero-order valence-corrected chi connectivity index (χ0v) is 16.9. The summed E-state index contributed by atoms with van der Waals surface area (Å²) < 4.78 is 0. The number of hydrogen-bond donors (Lipinski definition) is 0. The van der Waals surface area contributed by atoms with Gasteiger partial charge in [0.15, 0.2) is 0 Å². The van der Waals surface area contributed by atoms with Crippen LogP contribution in [0.2, 0.25) is 0 Å². The van der Waals surface area contributed by atoms with E-state index in [1.165, 1.54) is 135 Å². The van der Waals surface area contributed by atoms with Crippen LogP contribution in [0.1, 0.15) is 109 Å². The molecule has 3 fully saturated rings. The van der Waals surface area contributed by atoms with E-state index in [4.69, 9.17) is 0 Å². The van der Waals surface area contributed by atoms with Crippen LogP contribution in [0.25, 0.3) is 0 Å². The first kappa shape index (κ1) is 19.7. The number of rotatable bonds is 2. The first-order chi connectivity index (χ1) is 12.4. The van der Waals surface area contributed by atoms with Gasteiger partial charge in [-0.15, -0.1) is 0 Å². The Bertz CT molecular complexity index is 315. The molecule has 2 heteroatoms. The molecule has 0 atom stereocenters. The lowest BCUT2D eigenvalue weighted by Gasteiger charge is -2.41. The molecule has 1 saturated carbocycles. The molecule has 0 aromatic carbocycles. The van der Waals surface area contributed by atoms with E-state index in [9.17, 15) is 0 Å². The fraction of sp³-hybridized carbons (Fsp3) is 1.00. The van der Waals surface area contributed by atoms with E-state index < -0.39 is 0 Å². The van der Waals surface area contributed by atoms with Crippen molar-refractivity contribution in [3.8, 4) is 0 Å². The maximum Gasteiger partial charge on any atom is 0.00964 e. The van der Waals surface area contributed by atoms with Crippen molar-refractivity contribution in [2.24, 2.45) is 0 Å². The van der Waals surface area contributed by atoms with Crippen molar-refractivity contribution in [1.29, 1.82) is 0 Å². The van der Waals surface area contributed by atoms with Gasteiger partial charge in [-0.1, -0.05) is 57.8 Å². The van der Waals surface area contributed by atoms with Crippen LogP contribution >= 0.6 is 0 Å². The van der Waals surface area contributed by atoms with E-state index in [0.29, 0.717) is 0 Å². The third-order valence-corrected chi connectivity index (χ3v) is 7.23. The van der Waals surface area contributed by atoms with Crippen LogP contribution in [0.15, 0.2) is 0 Å². The quantitative estimate of drug-likeness (QED) is 0.604. The largest absolute Gasteiger partial charge is 0.300 e. The SMILES string of the molecule is C1CCCCN(C2CCC(N3CCCCCCCC3)CC2)CCCC1. The number of nitrogens with zero attached hydrogens (tertiary/aromatic N) is 2. The summed E-state index contributed by atoms with van der Waals surface area (Å²) in [6.07, 6.45) is 25.0. The normalized spacial score (nSPS) is 33.1. The minimum Gasteiger partial charge on any atom is -0.300 e. The molecule has 0 aromatic heterocycles. The van der Waals surface area contributed by atoms with Gasteiger partial charge in [0.25, 0.3) is 0 Å². The molecule has 2 aliphatic heterocycles. The van der Waals surface area contributed by atoms with E-state index in [1.54, 1.807) is 0 Å². The molecule has 3 rings (SSSR count). The Hall–Kier alpha value is -0.0800. The molecule has 146 valence electrons. The van der Waals surface area contributed by atoms with Crippen molar-refractivity contribution in [2.45, 2.75) is 121 Å². The van der Waals surface area contributed by atoms with Gasteiger partial charge in [0.2, 0.25) is 0 Å². The van der Waals surface area contributed by atoms with Crippen LogP contribution in [0.3, 0.4) is 0 Å². The number of hydrogen-bond acceptors (Lipinski definition) is 2. The van der Waals surface area contributed by atoms with Gasteiger partial charge < -0.3 is 9.80 Å². The molecule has 0 unspecified atom stereocenters. The van der Waals surface area contributed by atoms with Gasteiger partial charge in [-0.05, 0) is 77.5 Å². The predicted octanol–water partition coefficient (Wildman–Crippen LogP) is 6.00. The molecule has 2 heterocycles. The Labute approximate surface area is 157 Å². The summed E-state index contributed by atoms with van der Waals surface area (Å²) in [6.45, 7) is 5.55. The molecule has 0 bridgehead atoms.